The van der Waals surface area contributed by atoms with Crippen molar-refractivity contribution in [3.8, 4) is 0 Å². The van der Waals surface area contributed by atoms with Crippen LogP contribution in [0.25, 0.3) is 0 Å². The molecule has 0 spiro atoms. The largest absolute Gasteiger partial charge is 0.370 e. The zero-order valence-electron chi connectivity index (χ0n) is 16.6. The van der Waals surface area contributed by atoms with Gasteiger partial charge in [0, 0.05) is 32.6 Å². The van der Waals surface area contributed by atoms with Crippen LogP contribution in [-0.2, 0) is 16.0 Å². The molecule has 1 aromatic rings. The normalized spacial score (nSPS) is 14.5. The lowest BCUT2D eigenvalue weighted by molar-refractivity contribution is -0.132. The molecule has 28 heavy (non-hydrogen) atoms. The van der Waals surface area contributed by atoms with Gasteiger partial charge >= 0.3 is 0 Å². The summed E-state index contributed by atoms with van der Waals surface area (Å²) in [6.07, 6.45) is 5.56. The molecule has 0 unspecified atom stereocenters. The first-order valence-corrected chi connectivity index (χ1v) is 10.2. The van der Waals surface area contributed by atoms with E-state index in [1.54, 1.807) is 0 Å². The van der Waals surface area contributed by atoms with Gasteiger partial charge in [0.05, 0.1) is 6.42 Å². The van der Waals surface area contributed by atoms with E-state index in [4.69, 9.17) is 11.5 Å². The van der Waals surface area contributed by atoms with Gasteiger partial charge in [0.2, 0.25) is 11.8 Å². The lowest BCUT2D eigenvalue weighted by Crippen LogP contribution is -2.42. The maximum atomic E-state index is 12.4. The number of carbonyl (C=O) groups is 2. The second-order valence-corrected chi connectivity index (χ2v) is 7.41. The Hall–Kier alpha value is -2.57. The summed E-state index contributed by atoms with van der Waals surface area (Å²) in [5.74, 6) is 0.857. The number of aliphatic imine (C=N–C) groups is 1. The molecular weight excluding hydrogens is 354 g/mol. The van der Waals surface area contributed by atoms with Gasteiger partial charge < -0.3 is 21.7 Å². The summed E-state index contributed by atoms with van der Waals surface area (Å²) in [6.45, 7) is 2.87. The summed E-state index contributed by atoms with van der Waals surface area (Å²) >= 11 is 0. The van der Waals surface area contributed by atoms with E-state index in [1.807, 2.05) is 35.2 Å². The molecule has 0 bridgehead atoms. The third-order valence-electron chi connectivity index (χ3n) is 5.11. The van der Waals surface area contributed by atoms with Crippen molar-refractivity contribution < 1.29 is 9.59 Å². The van der Waals surface area contributed by atoms with Crippen LogP contribution in [0.1, 0.15) is 44.1 Å². The summed E-state index contributed by atoms with van der Waals surface area (Å²) in [7, 11) is 0. The van der Waals surface area contributed by atoms with E-state index in [0.29, 0.717) is 31.8 Å². The highest BCUT2D eigenvalue weighted by Crippen LogP contribution is 2.17. The number of rotatable bonds is 10. The van der Waals surface area contributed by atoms with Crippen LogP contribution in [0.3, 0.4) is 0 Å². The zero-order chi connectivity index (χ0) is 20.2. The predicted molar refractivity (Wildman–Crippen MR) is 112 cm³/mol. The quantitative estimate of drug-likeness (QED) is 0.320. The fourth-order valence-electron chi connectivity index (χ4n) is 3.40. The van der Waals surface area contributed by atoms with Crippen molar-refractivity contribution in [1.29, 1.82) is 0 Å². The smallest absolute Gasteiger partial charge is 0.226 e. The molecule has 0 aliphatic carbocycles. The molecule has 1 fully saturated rings. The topological polar surface area (TPSA) is 114 Å². The third-order valence-corrected chi connectivity index (χ3v) is 5.11. The van der Waals surface area contributed by atoms with Crippen LogP contribution >= 0.6 is 0 Å². The monoisotopic (exact) mass is 387 g/mol. The van der Waals surface area contributed by atoms with Gasteiger partial charge in [0.1, 0.15) is 0 Å². The summed E-state index contributed by atoms with van der Waals surface area (Å²) in [5.41, 5.74) is 11.6. The number of amides is 2. The Balaban J connectivity index is 1.55. The van der Waals surface area contributed by atoms with Gasteiger partial charge in [-0.2, -0.15) is 0 Å². The lowest BCUT2D eigenvalue weighted by Gasteiger charge is -2.32. The van der Waals surface area contributed by atoms with E-state index in [2.05, 4.69) is 10.3 Å². The van der Waals surface area contributed by atoms with E-state index < -0.39 is 0 Å². The first-order valence-electron chi connectivity index (χ1n) is 10.2. The summed E-state index contributed by atoms with van der Waals surface area (Å²) in [5, 5.41) is 3.04. The summed E-state index contributed by atoms with van der Waals surface area (Å²) < 4.78 is 0. The second kappa shape index (κ2) is 12.0. The number of unbranched alkanes of at least 4 members (excludes halogenated alkanes) is 2. The van der Waals surface area contributed by atoms with Crippen molar-refractivity contribution in [3.05, 3.63) is 35.9 Å². The molecule has 1 aromatic carbocycles. The standard InChI is InChI=1S/C21H33N5O2/c22-21(23)24-12-6-2-5-9-19(27)25-16-18-10-13-26(14-11-18)20(28)15-17-7-3-1-4-8-17/h1,3-4,7-8,18H,2,5-6,9-16H2,(H,25,27)(H4,22,23,24). The van der Waals surface area contributed by atoms with E-state index in [-0.39, 0.29) is 17.8 Å². The van der Waals surface area contributed by atoms with Crippen molar-refractivity contribution in [2.24, 2.45) is 22.4 Å². The van der Waals surface area contributed by atoms with Crippen molar-refractivity contribution in [1.82, 2.24) is 10.2 Å². The van der Waals surface area contributed by atoms with Gasteiger partial charge in [-0.15, -0.1) is 0 Å². The van der Waals surface area contributed by atoms with Gasteiger partial charge in [-0.25, -0.2) is 0 Å². The Morgan fingerprint density at radius 2 is 1.79 bits per heavy atom. The van der Waals surface area contributed by atoms with Crippen molar-refractivity contribution in [2.45, 2.75) is 44.9 Å². The molecule has 1 aliphatic heterocycles. The van der Waals surface area contributed by atoms with E-state index >= 15 is 0 Å². The number of nitrogens with one attached hydrogen (secondary N) is 1. The molecule has 5 N–H and O–H groups in total. The number of benzene rings is 1. The highest BCUT2D eigenvalue weighted by Gasteiger charge is 2.23. The van der Waals surface area contributed by atoms with Crippen LogP contribution in [-0.4, -0.2) is 48.9 Å². The van der Waals surface area contributed by atoms with Crippen LogP contribution < -0.4 is 16.8 Å². The highest BCUT2D eigenvalue weighted by molar-refractivity contribution is 5.79. The minimum atomic E-state index is 0.101. The molecule has 1 heterocycles. The van der Waals surface area contributed by atoms with E-state index in [9.17, 15) is 9.59 Å². The number of hydrogen-bond acceptors (Lipinski definition) is 3. The van der Waals surface area contributed by atoms with Crippen molar-refractivity contribution in [3.63, 3.8) is 0 Å². The molecule has 0 radical (unpaired) electrons. The van der Waals surface area contributed by atoms with Crippen LogP contribution in [0.4, 0.5) is 0 Å². The maximum Gasteiger partial charge on any atom is 0.226 e. The van der Waals surface area contributed by atoms with E-state index in [0.717, 1.165) is 50.8 Å². The Morgan fingerprint density at radius 3 is 2.46 bits per heavy atom. The first-order chi connectivity index (χ1) is 13.5. The van der Waals surface area contributed by atoms with Crippen molar-refractivity contribution in [2.75, 3.05) is 26.2 Å². The molecule has 0 atom stereocenters. The van der Waals surface area contributed by atoms with Crippen LogP contribution in [0.5, 0.6) is 0 Å². The average Bonchev–Trinajstić information content (AvgIpc) is 2.70. The van der Waals surface area contributed by atoms with Crippen LogP contribution in [0, 0.1) is 5.92 Å². The molecule has 1 saturated heterocycles. The Bertz CT molecular complexity index is 635. The second-order valence-electron chi connectivity index (χ2n) is 7.41. The summed E-state index contributed by atoms with van der Waals surface area (Å²) in [4.78, 5) is 30.2. The minimum absolute atomic E-state index is 0.101. The van der Waals surface area contributed by atoms with Gasteiger partial charge in [-0.3, -0.25) is 14.6 Å². The highest BCUT2D eigenvalue weighted by atomic mass is 16.2. The molecule has 2 amide bonds. The third kappa shape index (κ3) is 8.41. The fourth-order valence-corrected chi connectivity index (χ4v) is 3.40. The number of likely N-dealkylation sites (tertiary alicyclic amines) is 1. The first kappa shape index (κ1) is 21.7. The Labute approximate surface area is 167 Å². The number of guanidine groups is 1. The van der Waals surface area contributed by atoms with Gasteiger partial charge in [0.15, 0.2) is 5.96 Å². The molecule has 0 aromatic heterocycles. The van der Waals surface area contributed by atoms with E-state index in [1.165, 1.54) is 0 Å². The minimum Gasteiger partial charge on any atom is -0.370 e. The molecule has 2 rings (SSSR count). The number of nitrogens with two attached hydrogens (primary N) is 2. The number of nitrogens with zero attached hydrogens (tertiary/aromatic N) is 2. The molecule has 154 valence electrons. The fraction of sp³-hybridized carbons (Fsp3) is 0.571. The molecule has 0 saturated carbocycles. The van der Waals surface area contributed by atoms with Crippen LogP contribution in [0.2, 0.25) is 0 Å². The van der Waals surface area contributed by atoms with Gasteiger partial charge in [-0.1, -0.05) is 36.8 Å². The predicted octanol–water partition coefficient (Wildman–Crippen LogP) is 1.42. The molecule has 7 nitrogen and oxygen atoms in total. The number of carbonyl (C=O) groups excluding carboxylic acids is 2. The average molecular weight is 388 g/mol. The van der Waals surface area contributed by atoms with Crippen LogP contribution in [0.15, 0.2) is 35.3 Å². The lowest BCUT2D eigenvalue weighted by atomic mass is 9.96. The Morgan fingerprint density at radius 1 is 1.07 bits per heavy atom. The number of piperidine rings is 1. The van der Waals surface area contributed by atoms with Crippen molar-refractivity contribution >= 4 is 17.8 Å². The SMILES string of the molecule is NC(N)=NCCCCCC(=O)NCC1CCN(C(=O)Cc2ccccc2)CC1. The molecular formula is C21H33N5O2. The molecule has 7 heteroatoms. The maximum absolute atomic E-state index is 12.4. The Kier molecular flexibility index (Phi) is 9.31. The summed E-state index contributed by atoms with van der Waals surface area (Å²) in [6, 6.07) is 9.85. The number of hydrogen-bond donors (Lipinski definition) is 3. The molecule has 1 aliphatic rings. The zero-order valence-corrected chi connectivity index (χ0v) is 16.6. The van der Waals surface area contributed by atoms with Gasteiger partial charge in [-0.05, 0) is 37.2 Å². The van der Waals surface area contributed by atoms with Gasteiger partial charge in [0.25, 0.3) is 0 Å².